The maximum Gasteiger partial charge on any atom is 0.239 e. The van der Waals surface area contributed by atoms with Crippen LogP contribution in [-0.4, -0.2) is 61.1 Å². The second-order valence-electron chi connectivity index (χ2n) is 6.99. The summed E-state index contributed by atoms with van der Waals surface area (Å²) in [5.74, 6) is 0.729. The topological polar surface area (TPSA) is 82.6 Å². The molecule has 0 radical (unpaired) electrons. The van der Waals surface area contributed by atoms with Crippen LogP contribution in [-0.2, 0) is 4.79 Å². The fourth-order valence-corrected chi connectivity index (χ4v) is 3.33. The third-order valence-corrected chi connectivity index (χ3v) is 4.93. The van der Waals surface area contributed by atoms with Crippen LogP contribution in [0.25, 0.3) is 11.1 Å². The molecule has 2 N–H and O–H groups in total. The number of nitrogens with zero attached hydrogens (tertiary/aromatic N) is 3. The first-order chi connectivity index (χ1) is 13.6. The van der Waals surface area contributed by atoms with Gasteiger partial charge in [-0.15, -0.1) is 0 Å². The van der Waals surface area contributed by atoms with Gasteiger partial charge in [0.15, 0.2) is 0 Å². The fraction of sp³-hybridized carbons (Fsp3) is 0.364. The standard InChI is InChI=1S/C22H26N4O2/c1-17(24)22(27)26-11-9-25(10-12-26)13-14-28-21-15-18(16-23)7-8-20(21)19-5-3-2-4-6-19/h2-8,15,17H,9-14,24H2,1H3/t17-/m1/s1. The van der Waals surface area contributed by atoms with E-state index in [9.17, 15) is 10.1 Å². The minimum Gasteiger partial charge on any atom is -0.492 e. The number of carbonyl (C=O) groups excluding carboxylic acids is 1. The van der Waals surface area contributed by atoms with Crippen molar-refractivity contribution in [1.29, 1.82) is 5.26 Å². The Bertz CT molecular complexity index is 837. The highest BCUT2D eigenvalue weighted by molar-refractivity contribution is 5.81. The van der Waals surface area contributed by atoms with E-state index in [-0.39, 0.29) is 5.91 Å². The summed E-state index contributed by atoms with van der Waals surface area (Å²) >= 11 is 0. The third kappa shape index (κ3) is 4.89. The van der Waals surface area contributed by atoms with E-state index >= 15 is 0 Å². The molecule has 28 heavy (non-hydrogen) atoms. The lowest BCUT2D eigenvalue weighted by Gasteiger charge is -2.35. The molecule has 1 saturated heterocycles. The fourth-order valence-electron chi connectivity index (χ4n) is 3.33. The third-order valence-electron chi connectivity index (χ3n) is 4.93. The lowest BCUT2D eigenvalue weighted by atomic mass is 10.0. The van der Waals surface area contributed by atoms with Gasteiger partial charge in [0.25, 0.3) is 0 Å². The van der Waals surface area contributed by atoms with E-state index in [1.807, 2.05) is 47.4 Å². The number of hydrogen-bond acceptors (Lipinski definition) is 5. The quantitative estimate of drug-likeness (QED) is 0.832. The minimum atomic E-state index is -0.446. The van der Waals surface area contributed by atoms with Gasteiger partial charge in [-0.05, 0) is 30.7 Å². The number of nitriles is 1. The first-order valence-electron chi connectivity index (χ1n) is 9.57. The normalized spacial score (nSPS) is 15.7. The number of rotatable bonds is 6. The van der Waals surface area contributed by atoms with Gasteiger partial charge in [-0.25, -0.2) is 0 Å². The van der Waals surface area contributed by atoms with E-state index in [1.165, 1.54) is 0 Å². The van der Waals surface area contributed by atoms with Gasteiger partial charge in [-0.1, -0.05) is 30.3 Å². The average molecular weight is 378 g/mol. The lowest BCUT2D eigenvalue weighted by molar-refractivity contribution is -0.133. The molecule has 1 aliphatic rings. The number of hydrogen-bond donors (Lipinski definition) is 1. The molecule has 2 aromatic rings. The largest absolute Gasteiger partial charge is 0.492 e. The van der Waals surface area contributed by atoms with Crippen LogP contribution in [0.3, 0.4) is 0 Å². The van der Waals surface area contributed by atoms with Crippen molar-refractivity contribution in [2.75, 3.05) is 39.3 Å². The molecular formula is C22H26N4O2. The maximum absolute atomic E-state index is 12.0. The molecule has 1 atom stereocenters. The van der Waals surface area contributed by atoms with Crippen LogP contribution in [0.4, 0.5) is 0 Å². The molecule has 6 heteroatoms. The molecule has 146 valence electrons. The van der Waals surface area contributed by atoms with Crippen molar-refractivity contribution in [3.05, 3.63) is 54.1 Å². The molecule has 1 heterocycles. The molecule has 0 bridgehead atoms. The van der Waals surface area contributed by atoms with Crippen LogP contribution in [0.5, 0.6) is 5.75 Å². The van der Waals surface area contributed by atoms with E-state index in [4.69, 9.17) is 10.5 Å². The summed E-state index contributed by atoms with van der Waals surface area (Å²) < 4.78 is 6.06. The summed E-state index contributed by atoms with van der Waals surface area (Å²) in [7, 11) is 0. The number of amides is 1. The van der Waals surface area contributed by atoms with Crippen molar-refractivity contribution in [2.24, 2.45) is 5.73 Å². The molecule has 0 aliphatic carbocycles. The lowest BCUT2D eigenvalue weighted by Crippen LogP contribution is -2.53. The highest BCUT2D eigenvalue weighted by Gasteiger charge is 2.22. The van der Waals surface area contributed by atoms with Crippen molar-refractivity contribution in [3.8, 4) is 22.9 Å². The predicted molar refractivity (Wildman–Crippen MR) is 109 cm³/mol. The van der Waals surface area contributed by atoms with Crippen LogP contribution in [0.1, 0.15) is 12.5 Å². The highest BCUT2D eigenvalue weighted by atomic mass is 16.5. The zero-order chi connectivity index (χ0) is 19.9. The average Bonchev–Trinajstić information content (AvgIpc) is 2.74. The van der Waals surface area contributed by atoms with Crippen LogP contribution in [0.2, 0.25) is 0 Å². The first-order valence-corrected chi connectivity index (χ1v) is 9.57. The monoisotopic (exact) mass is 378 g/mol. The Balaban J connectivity index is 1.58. The maximum atomic E-state index is 12.0. The van der Waals surface area contributed by atoms with Crippen LogP contribution in [0.15, 0.2) is 48.5 Å². The summed E-state index contributed by atoms with van der Waals surface area (Å²) in [6.45, 7) is 6.03. The Kier molecular flexibility index (Phi) is 6.64. The molecule has 1 fully saturated rings. The molecule has 6 nitrogen and oxygen atoms in total. The molecule has 0 spiro atoms. The Labute approximate surface area is 166 Å². The Morgan fingerprint density at radius 1 is 1.18 bits per heavy atom. The number of ether oxygens (including phenoxy) is 1. The zero-order valence-electron chi connectivity index (χ0n) is 16.2. The van der Waals surface area contributed by atoms with E-state index in [0.717, 1.165) is 36.5 Å². The summed E-state index contributed by atoms with van der Waals surface area (Å²) in [4.78, 5) is 16.1. The van der Waals surface area contributed by atoms with Gasteiger partial charge in [0.05, 0.1) is 17.7 Å². The second kappa shape index (κ2) is 9.36. The summed E-state index contributed by atoms with van der Waals surface area (Å²) in [6, 6.07) is 17.3. The molecular weight excluding hydrogens is 352 g/mol. The Morgan fingerprint density at radius 2 is 1.89 bits per heavy atom. The minimum absolute atomic E-state index is 0.0109. The summed E-state index contributed by atoms with van der Waals surface area (Å²) in [5.41, 5.74) is 8.30. The molecule has 1 aliphatic heterocycles. The SMILES string of the molecule is C[C@@H](N)C(=O)N1CCN(CCOc2cc(C#N)ccc2-c2ccccc2)CC1. The Morgan fingerprint density at radius 3 is 2.54 bits per heavy atom. The van der Waals surface area contributed by atoms with Gasteiger partial charge < -0.3 is 15.4 Å². The smallest absolute Gasteiger partial charge is 0.239 e. The molecule has 1 amide bonds. The van der Waals surface area contributed by atoms with Crippen molar-refractivity contribution >= 4 is 5.91 Å². The van der Waals surface area contributed by atoms with Gasteiger partial charge in [0.1, 0.15) is 12.4 Å². The van der Waals surface area contributed by atoms with Crippen molar-refractivity contribution < 1.29 is 9.53 Å². The molecule has 0 saturated carbocycles. The van der Waals surface area contributed by atoms with E-state index in [0.29, 0.717) is 25.3 Å². The van der Waals surface area contributed by atoms with Crippen molar-refractivity contribution in [3.63, 3.8) is 0 Å². The van der Waals surface area contributed by atoms with E-state index < -0.39 is 6.04 Å². The number of nitrogens with two attached hydrogens (primary N) is 1. The summed E-state index contributed by atoms with van der Waals surface area (Å²) in [6.07, 6.45) is 0. The van der Waals surface area contributed by atoms with Gasteiger partial charge in [-0.2, -0.15) is 5.26 Å². The first kappa shape index (κ1) is 19.9. The number of benzene rings is 2. The van der Waals surface area contributed by atoms with Crippen LogP contribution >= 0.6 is 0 Å². The van der Waals surface area contributed by atoms with Gasteiger partial charge >= 0.3 is 0 Å². The van der Waals surface area contributed by atoms with Crippen LogP contribution < -0.4 is 10.5 Å². The molecule has 0 unspecified atom stereocenters. The molecule has 3 rings (SSSR count). The van der Waals surface area contributed by atoms with E-state index in [2.05, 4.69) is 11.0 Å². The number of piperazine rings is 1. The number of carbonyl (C=O) groups is 1. The predicted octanol–water partition coefficient (Wildman–Crippen LogP) is 2.10. The molecule has 0 aromatic heterocycles. The highest BCUT2D eigenvalue weighted by Crippen LogP contribution is 2.30. The van der Waals surface area contributed by atoms with Gasteiger partial charge in [0, 0.05) is 38.3 Å². The van der Waals surface area contributed by atoms with Gasteiger partial charge in [0.2, 0.25) is 5.91 Å². The Hall–Kier alpha value is -2.88. The van der Waals surface area contributed by atoms with Crippen molar-refractivity contribution in [2.45, 2.75) is 13.0 Å². The van der Waals surface area contributed by atoms with Gasteiger partial charge in [-0.3, -0.25) is 9.69 Å². The summed E-state index contributed by atoms with van der Waals surface area (Å²) in [5, 5.41) is 9.21. The molecule has 2 aromatic carbocycles. The van der Waals surface area contributed by atoms with Crippen LogP contribution in [0, 0.1) is 11.3 Å². The second-order valence-corrected chi connectivity index (χ2v) is 6.99. The van der Waals surface area contributed by atoms with Crippen molar-refractivity contribution in [1.82, 2.24) is 9.80 Å². The zero-order valence-corrected chi connectivity index (χ0v) is 16.2. The van der Waals surface area contributed by atoms with E-state index in [1.54, 1.807) is 13.0 Å².